The number of carbonyl (C=O) groups excluding carboxylic acids is 1. The Balaban J connectivity index is 1.97. The molecule has 0 aromatic rings. The average molecular weight is 481 g/mol. The fourth-order valence-electron chi connectivity index (χ4n) is 3.16. The summed E-state index contributed by atoms with van der Waals surface area (Å²) in [7, 11) is 1.39. The highest BCUT2D eigenvalue weighted by atomic mass is 32.1. The summed E-state index contributed by atoms with van der Waals surface area (Å²) in [4.78, 5) is 11.8. The number of hydrogen-bond donors (Lipinski definition) is 5. The van der Waals surface area contributed by atoms with Gasteiger partial charge in [-0.25, -0.2) is 0 Å². The number of methoxy groups -OCH3 is 1. The van der Waals surface area contributed by atoms with E-state index in [1.54, 1.807) is 6.92 Å². The summed E-state index contributed by atoms with van der Waals surface area (Å²) >= 11 is 4.14. The number of carbonyl (C=O) groups is 1. The Kier molecular flexibility index (Phi) is 16.1. The molecule has 1 saturated heterocycles. The highest BCUT2D eigenvalue weighted by Crippen LogP contribution is 2.26. The van der Waals surface area contributed by atoms with Gasteiger partial charge in [0.05, 0.1) is 38.6 Å². The Labute approximate surface area is 196 Å². The quantitative estimate of drug-likeness (QED) is 0.108. The largest absolute Gasteiger partial charge is 0.390 e. The first kappa shape index (κ1) is 29.2. The van der Waals surface area contributed by atoms with Crippen molar-refractivity contribution in [2.75, 3.05) is 59.0 Å². The standard InChI is InChI=1S/C21H40N2O8S/c1-15-17(31-21(27-2)20(26)19(15)25)13-30-14-18(24)23-7-9-29-11-10-28-8-3-5-16(22)6-4-12-32/h15,17,19-22,25-26,32H,3-14H2,1-2H3,(H,23,24)/t15-,17?,19+,20?,21-/m1/s1. The lowest BCUT2D eigenvalue weighted by molar-refractivity contribution is -0.282. The van der Waals surface area contributed by atoms with Crippen molar-refractivity contribution in [3.63, 3.8) is 0 Å². The maximum absolute atomic E-state index is 11.8. The van der Waals surface area contributed by atoms with Gasteiger partial charge >= 0.3 is 0 Å². The molecule has 2 unspecified atom stereocenters. The number of hydrogen-bond acceptors (Lipinski definition) is 10. The number of nitrogens with one attached hydrogen (secondary N) is 2. The summed E-state index contributed by atoms with van der Waals surface area (Å²) in [5.41, 5.74) is 0.745. The second-order valence-electron chi connectivity index (χ2n) is 7.74. The molecule has 0 aliphatic carbocycles. The van der Waals surface area contributed by atoms with Crippen LogP contribution in [0.4, 0.5) is 0 Å². The van der Waals surface area contributed by atoms with Gasteiger partial charge in [-0.05, 0) is 31.4 Å². The van der Waals surface area contributed by atoms with E-state index in [4.69, 9.17) is 29.1 Å². The van der Waals surface area contributed by atoms with E-state index in [1.807, 2.05) is 0 Å². The zero-order valence-corrected chi connectivity index (χ0v) is 20.1. The lowest BCUT2D eigenvalue weighted by Gasteiger charge is -2.40. The molecule has 188 valence electrons. The second kappa shape index (κ2) is 17.7. The SMILES string of the molecule is CO[C@@H]1OC(COCC(=O)NCCOCCOCCCC(=N)CCCS)[C@@H](C)[C@H](O)C1O. The van der Waals surface area contributed by atoms with Gasteiger partial charge in [-0.2, -0.15) is 12.6 Å². The van der Waals surface area contributed by atoms with E-state index in [-0.39, 0.29) is 25.0 Å². The van der Waals surface area contributed by atoms with E-state index < -0.39 is 24.6 Å². The molecule has 4 N–H and O–H groups in total. The first-order valence-corrected chi connectivity index (χ1v) is 11.7. The van der Waals surface area contributed by atoms with Crippen LogP contribution in [0, 0.1) is 11.3 Å². The van der Waals surface area contributed by atoms with Crippen molar-refractivity contribution < 1.29 is 38.7 Å². The van der Waals surface area contributed by atoms with Gasteiger partial charge in [0.25, 0.3) is 0 Å². The Hall–Kier alpha value is -0.790. The van der Waals surface area contributed by atoms with Crippen LogP contribution in [-0.4, -0.2) is 105 Å². The molecule has 0 aromatic heterocycles. The van der Waals surface area contributed by atoms with Crippen molar-refractivity contribution in [1.82, 2.24) is 5.32 Å². The van der Waals surface area contributed by atoms with Gasteiger partial charge in [-0.3, -0.25) is 4.79 Å². The summed E-state index contributed by atoms with van der Waals surface area (Å²) in [6.07, 6.45) is -0.205. The number of amides is 1. The zero-order valence-electron chi connectivity index (χ0n) is 19.2. The van der Waals surface area contributed by atoms with E-state index in [0.29, 0.717) is 33.0 Å². The molecular formula is C21H40N2O8S. The van der Waals surface area contributed by atoms with E-state index >= 15 is 0 Å². The molecule has 1 heterocycles. The van der Waals surface area contributed by atoms with Gasteiger partial charge in [0.15, 0.2) is 6.29 Å². The van der Waals surface area contributed by atoms with Crippen molar-refractivity contribution in [1.29, 1.82) is 5.41 Å². The predicted molar refractivity (Wildman–Crippen MR) is 122 cm³/mol. The number of ether oxygens (including phenoxy) is 5. The fourth-order valence-corrected chi connectivity index (χ4v) is 3.32. The second-order valence-corrected chi connectivity index (χ2v) is 8.19. The van der Waals surface area contributed by atoms with Gasteiger partial charge < -0.3 is 44.6 Å². The molecule has 0 radical (unpaired) electrons. The normalized spacial score (nSPS) is 25.6. The number of thiol groups is 1. The van der Waals surface area contributed by atoms with Crippen molar-refractivity contribution in [2.45, 2.75) is 57.2 Å². The van der Waals surface area contributed by atoms with Gasteiger partial charge in [-0.15, -0.1) is 0 Å². The summed E-state index contributed by atoms with van der Waals surface area (Å²) in [5.74, 6) is 0.169. The Morgan fingerprint density at radius 1 is 1.06 bits per heavy atom. The van der Waals surface area contributed by atoms with Gasteiger partial charge in [0, 0.05) is 31.9 Å². The Morgan fingerprint density at radius 3 is 2.44 bits per heavy atom. The van der Waals surface area contributed by atoms with E-state index in [2.05, 4.69) is 17.9 Å². The van der Waals surface area contributed by atoms with Crippen LogP contribution in [0.5, 0.6) is 0 Å². The highest BCUT2D eigenvalue weighted by molar-refractivity contribution is 7.80. The molecule has 1 amide bonds. The molecule has 32 heavy (non-hydrogen) atoms. The molecule has 1 rings (SSSR count). The number of rotatable bonds is 18. The lowest BCUT2D eigenvalue weighted by atomic mass is 9.91. The molecule has 0 saturated carbocycles. The zero-order chi connectivity index (χ0) is 23.8. The average Bonchev–Trinajstić information content (AvgIpc) is 2.78. The fraction of sp³-hybridized carbons (Fsp3) is 0.905. The monoisotopic (exact) mass is 480 g/mol. The topological polar surface area (TPSA) is 140 Å². The predicted octanol–water partition coefficient (Wildman–Crippen LogP) is 0.392. The molecule has 10 nitrogen and oxygen atoms in total. The highest BCUT2D eigenvalue weighted by Gasteiger charge is 2.42. The lowest BCUT2D eigenvalue weighted by Crippen LogP contribution is -2.55. The number of aliphatic hydroxyl groups excluding tert-OH is 2. The van der Waals surface area contributed by atoms with Gasteiger partial charge in [0.2, 0.25) is 5.91 Å². The van der Waals surface area contributed by atoms with Crippen LogP contribution in [0.2, 0.25) is 0 Å². The summed E-state index contributed by atoms with van der Waals surface area (Å²) in [5, 5.41) is 30.4. The van der Waals surface area contributed by atoms with Gasteiger partial charge in [0.1, 0.15) is 12.7 Å². The van der Waals surface area contributed by atoms with Crippen LogP contribution in [0.3, 0.4) is 0 Å². The molecule has 0 aromatic carbocycles. The summed E-state index contributed by atoms with van der Waals surface area (Å²) in [6.45, 7) is 3.94. The summed E-state index contributed by atoms with van der Waals surface area (Å²) < 4.78 is 26.8. The van der Waals surface area contributed by atoms with E-state index in [0.717, 1.165) is 37.1 Å². The molecular weight excluding hydrogens is 440 g/mol. The minimum Gasteiger partial charge on any atom is -0.390 e. The molecule has 0 spiro atoms. The molecule has 0 bridgehead atoms. The minimum atomic E-state index is -1.12. The maximum Gasteiger partial charge on any atom is 0.246 e. The molecule has 1 aliphatic heterocycles. The van der Waals surface area contributed by atoms with Crippen LogP contribution in [0.1, 0.15) is 32.6 Å². The first-order chi connectivity index (χ1) is 15.4. The van der Waals surface area contributed by atoms with Crippen LogP contribution < -0.4 is 5.32 Å². The van der Waals surface area contributed by atoms with Crippen molar-refractivity contribution in [3.05, 3.63) is 0 Å². The van der Waals surface area contributed by atoms with Crippen LogP contribution in [0.25, 0.3) is 0 Å². The molecule has 5 atom stereocenters. The van der Waals surface area contributed by atoms with Crippen molar-refractivity contribution in [2.24, 2.45) is 5.92 Å². The van der Waals surface area contributed by atoms with E-state index in [1.165, 1.54) is 7.11 Å². The Morgan fingerprint density at radius 2 is 1.75 bits per heavy atom. The Bertz CT molecular complexity index is 526. The van der Waals surface area contributed by atoms with Gasteiger partial charge in [-0.1, -0.05) is 6.92 Å². The summed E-state index contributed by atoms with van der Waals surface area (Å²) in [6, 6.07) is 0. The van der Waals surface area contributed by atoms with Crippen LogP contribution in [0.15, 0.2) is 0 Å². The number of aliphatic hydroxyl groups is 2. The molecule has 1 fully saturated rings. The van der Waals surface area contributed by atoms with Crippen LogP contribution >= 0.6 is 12.6 Å². The first-order valence-electron chi connectivity index (χ1n) is 11.1. The minimum absolute atomic E-state index is 0.0979. The van der Waals surface area contributed by atoms with Crippen molar-refractivity contribution in [3.8, 4) is 0 Å². The third-order valence-corrected chi connectivity index (χ3v) is 5.47. The van der Waals surface area contributed by atoms with Crippen molar-refractivity contribution >= 4 is 24.2 Å². The van der Waals surface area contributed by atoms with Crippen LogP contribution in [-0.2, 0) is 28.5 Å². The third-order valence-electron chi connectivity index (χ3n) is 5.15. The maximum atomic E-state index is 11.8. The van der Waals surface area contributed by atoms with E-state index in [9.17, 15) is 15.0 Å². The smallest absolute Gasteiger partial charge is 0.246 e. The molecule has 1 aliphatic rings. The molecule has 11 heteroatoms. The third kappa shape index (κ3) is 11.9.